The molecule has 0 unspecified atom stereocenters. The zero-order valence-corrected chi connectivity index (χ0v) is 27.0. The van der Waals surface area contributed by atoms with Crippen LogP contribution in [-0.4, -0.2) is 68.7 Å². The second kappa shape index (κ2) is 14.0. The van der Waals surface area contributed by atoms with Crippen LogP contribution < -0.4 is 10.1 Å². The number of fused-ring (bicyclic) bond motifs is 5. The van der Waals surface area contributed by atoms with Crippen molar-refractivity contribution in [1.29, 1.82) is 0 Å². The molecule has 2 aliphatic rings. The van der Waals surface area contributed by atoms with Crippen molar-refractivity contribution >= 4 is 44.7 Å². The van der Waals surface area contributed by atoms with Crippen LogP contribution in [0.4, 0.5) is 15.9 Å². The highest BCUT2D eigenvalue weighted by atomic mass is 35.5. The molecule has 12 heteroatoms. The molecule has 7 rings (SSSR count). The number of thiophene rings is 1. The van der Waals surface area contributed by atoms with E-state index in [0.29, 0.717) is 17.3 Å². The van der Waals surface area contributed by atoms with Crippen LogP contribution in [0.5, 0.6) is 5.75 Å². The summed E-state index contributed by atoms with van der Waals surface area (Å²) < 4.78 is 26.7. The fraction of sp³-hybridized carbons (Fsp3) is 0.382. The van der Waals surface area contributed by atoms with Crippen molar-refractivity contribution in [3.8, 4) is 16.2 Å². The van der Waals surface area contributed by atoms with Gasteiger partial charge in [-0.05, 0) is 80.1 Å². The molecule has 9 nitrogen and oxygen atoms in total. The van der Waals surface area contributed by atoms with Crippen molar-refractivity contribution in [2.75, 3.05) is 38.2 Å². The molecule has 0 bridgehead atoms. The van der Waals surface area contributed by atoms with Crippen LogP contribution in [0.25, 0.3) is 20.7 Å². The van der Waals surface area contributed by atoms with Crippen LogP contribution in [0.3, 0.4) is 0 Å². The summed E-state index contributed by atoms with van der Waals surface area (Å²) in [5.41, 5.74) is 4.87. The van der Waals surface area contributed by atoms with E-state index in [1.165, 1.54) is 17.7 Å². The number of unbranched alkanes of at least 4 members (excludes halogenated alkanes) is 1. The van der Waals surface area contributed by atoms with E-state index in [0.717, 1.165) is 108 Å². The zero-order valence-electron chi connectivity index (χ0n) is 25.4. The molecule has 2 N–H and O–H groups in total. The minimum atomic E-state index is -0.431. The number of aliphatic hydroxyl groups excluding tert-OH is 1. The van der Waals surface area contributed by atoms with E-state index in [2.05, 4.69) is 26.4 Å². The molecule has 0 radical (unpaired) electrons. The van der Waals surface area contributed by atoms with Gasteiger partial charge in [0.1, 0.15) is 35.1 Å². The summed E-state index contributed by atoms with van der Waals surface area (Å²) in [5.74, 6) is 0.929. The fourth-order valence-electron chi connectivity index (χ4n) is 6.18. The van der Waals surface area contributed by atoms with Crippen LogP contribution in [0.2, 0.25) is 5.02 Å². The third kappa shape index (κ3) is 7.03. The molecule has 46 heavy (non-hydrogen) atoms. The maximum absolute atomic E-state index is 13.5. The van der Waals surface area contributed by atoms with Crippen LogP contribution in [-0.2, 0) is 30.7 Å². The summed E-state index contributed by atoms with van der Waals surface area (Å²) >= 11 is 8.21. The lowest BCUT2D eigenvalue weighted by Crippen LogP contribution is -2.36. The first-order chi connectivity index (χ1) is 22.5. The second-order valence-electron chi connectivity index (χ2n) is 11.8. The van der Waals surface area contributed by atoms with Gasteiger partial charge in [0.05, 0.1) is 42.0 Å². The SMILES string of the molecule is O[C@H](CCCCN1CCOCC1)Cn1cc2c(n1)CCc1c-2sc2ncnc(Nc3ccc(OCc4cccc(F)c4)c(Cl)c3)c12. The Balaban J connectivity index is 1.02. The van der Waals surface area contributed by atoms with Gasteiger partial charge in [-0.2, -0.15) is 5.10 Å². The van der Waals surface area contributed by atoms with Gasteiger partial charge in [-0.3, -0.25) is 9.58 Å². The maximum Gasteiger partial charge on any atom is 0.142 e. The summed E-state index contributed by atoms with van der Waals surface area (Å²) in [5, 5.41) is 20.5. The highest BCUT2D eigenvalue weighted by Gasteiger charge is 2.27. The largest absolute Gasteiger partial charge is 0.487 e. The topological polar surface area (TPSA) is 97.6 Å². The van der Waals surface area contributed by atoms with Gasteiger partial charge in [0.2, 0.25) is 0 Å². The molecule has 3 aromatic heterocycles. The Hall–Kier alpha value is -3.61. The molecule has 2 aromatic carbocycles. The second-order valence-corrected chi connectivity index (χ2v) is 13.2. The Morgan fingerprint density at radius 3 is 2.85 bits per heavy atom. The Bertz CT molecular complexity index is 1820. The summed E-state index contributed by atoms with van der Waals surface area (Å²) in [4.78, 5) is 13.7. The Labute approximate surface area is 276 Å². The summed E-state index contributed by atoms with van der Waals surface area (Å²) in [6.07, 6.45) is 7.69. The Kier molecular flexibility index (Phi) is 9.45. The summed E-state index contributed by atoms with van der Waals surface area (Å²) in [6.45, 7) is 5.40. The number of benzene rings is 2. The maximum atomic E-state index is 13.5. The molecule has 1 aliphatic carbocycles. The number of hydrogen-bond donors (Lipinski definition) is 2. The average molecular weight is 663 g/mol. The highest BCUT2D eigenvalue weighted by molar-refractivity contribution is 7.22. The monoisotopic (exact) mass is 662 g/mol. The average Bonchev–Trinajstić information content (AvgIpc) is 3.65. The van der Waals surface area contributed by atoms with Gasteiger partial charge in [-0.25, -0.2) is 14.4 Å². The third-order valence-corrected chi connectivity index (χ3v) is 9.99. The van der Waals surface area contributed by atoms with Crippen molar-refractivity contribution < 1.29 is 19.0 Å². The molecular formula is C34H36ClFN6O3S. The predicted octanol–water partition coefficient (Wildman–Crippen LogP) is 6.63. The Morgan fingerprint density at radius 2 is 2.00 bits per heavy atom. The molecule has 0 amide bonds. The first-order valence-electron chi connectivity index (χ1n) is 15.8. The van der Waals surface area contributed by atoms with Crippen LogP contribution in [0, 0.1) is 5.82 Å². The molecule has 4 heterocycles. The predicted molar refractivity (Wildman–Crippen MR) is 179 cm³/mol. The number of ether oxygens (including phenoxy) is 2. The van der Waals surface area contributed by atoms with Crippen molar-refractivity contribution in [2.45, 2.75) is 51.4 Å². The summed E-state index contributed by atoms with van der Waals surface area (Å²) in [7, 11) is 0. The Morgan fingerprint density at radius 1 is 1.11 bits per heavy atom. The van der Waals surface area contributed by atoms with E-state index in [-0.39, 0.29) is 12.4 Å². The standard InChI is InChI=1S/C34H36ClFN6O3S/c35-28-17-24(7-10-30(28)45-20-22-4-3-5-23(36)16-22)39-33-31-26-8-9-29-27(32(26)46-34(31)38-21-37-33)19-42(40-29)18-25(43)6-1-2-11-41-12-14-44-15-13-41/h3-5,7,10,16-17,19,21,25,43H,1-2,6,8-9,11-15,18,20H2,(H,37,38,39)/t25-/m1/s1. The van der Waals surface area contributed by atoms with Gasteiger partial charge in [-0.15, -0.1) is 11.3 Å². The molecule has 1 atom stereocenters. The lowest BCUT2D eigenvalue weighted by Gasteiger charge is -2.26. The fourth-order valence-corrected chi connectivity index (χ4v) is 7.64. The van der Waals surface area contributed by atoms with Crippen LogP contribution in [0.15, 0.2) is 55.0 Å². The number of rotatable bonds is 12. The van der Waals surface area contributed by atoms with Gasteiger partial charge in [0.15, 0.2) is 0 Å². The van der Waals surface area contributed by atoms with Crippen LogP contribution in [0.1, 0.15) is 36.1 Å². The molecule has 1 aliphatic heterocycles. The molecule has 1 saturated heterocycles. The smallest absolute Gasteiger partial charge is 0.142 e. The van der Waals surface area contributed by atoms with Gasteiger partial charge < -0.3 is 19.9 Å². The minimum Gasteiger partial charge on any atom is -0.487 e. The lowest BCUT2D eigenvalue weighted by molar-refractivity contribution is 0.0364. The number of nitrogens with zero attached hydrogens (tertiary/aromatic N) is 5. The third-order valence-electron chi connectivity index (χ3n) is 8.52. The van der Waals surface area contributed by atoms with Gasteiger partial charge in [0.25, 0.3) is 0 Å². The number of halogens is 2. The number of aromatic nitrogens is 4. The van der Waals surface area contributed by atoms with Gasteiger partial charge >= 0.3 is 0 Å². The summed E-state index contributed by atoms with van der Waals surface area (Å²) in [6, 6.07) is 11.8. The lowest BCUT2D eigenvalue weighted by atomic mass is 9.95. The molecule has 5 aromatic rings. The van der Waals surface area contributed by atoms with Crippen molar-refractivity contribution in [3.05, 3.63) is 82.6 Å². The van der Waals surface area contributed by atoms with Gasteiger partial charge in [0, 0.05) is 35.4 Å². The normalized spacial score (nSPS) is 15.5. The van der Waals surface area contributed by atoms with Crippen LogP contribution >= 0.6 is 22.9 Å². The molecule has 240 valence electrons. The highest BCUT2D eigenvalue weighted by Crippen LogP contribution is 2.45. The molecular weight excluding hydrogens is 627 g/mol. The van der Waals surface area contributed by atoms with Crippen molar-refractivity contribution in [1.82, 2.24) is 24.6 Å². The number of aryl methyl sites for hydroxylation is 2. The number of aliphatic hydroxyl groups is 1. The number of hydrogen-bond acceptors (Lipinski definition) is 9. The minimum absolute atomic E-state index is 0.213. The number of anilines is 2. The van der Waals surface area contributed by atoms with E-state index >= 15 is 0 Å². The molecule has 1 fully saturated rings. The quantitative estimate of drug-likeness (QED) is 0.144. The molecule has 0 spiro atoms. The zero-order chi connectivity index (χ0) is 31.5. The van der Waals surface area contributed by atoms with Crippen molar-refractivity contribution in [3.63, 3.8) is 0 Å². The molecule has 0 saturated carbocycles. The number of nitrogens with one attached hydrogen (secondary N) is 1. The first-order valence-corrected chi connectivity index (χ1v) is 16.9. The van der Waals surface area contributed by atoms with E-state index in [4.69, 9.17) is 26.2 Å². The number of morpholine rings is 1. The van der Waals surface area contributed by atoms with E-state index in [9.17, 15) is 9.50 Å². The van der Waals surface area contributed by atoms with Crippen molar-refractivity contribution in [2.24, 2.45) is 0 Å². The van der Waals surface area contributed by atoms with Gasteiger partial charge in [-0.1, -0.05) is 23.7 Å². The first kappa shape index (κ1) is 31.0. The van der Waals surface area contributed by atoms with E-state index < -0.39 is 6.10 Å². The van der Waals surface area contributed by atoms with E-state index in [1.54, 1.807) is 35.9 Å². The van der Waals surface area contributed by atoms with E-state index in [1.807, 2.05) is 16.8 Å².